The van der Waals surface area contributed by atoms with Crippen molar-refractivity contribution in [3.63, 3.8) is 0 Å². The summed E-state index contributed by atoms with van der Waals surface area (Å²) in [5.74, 6) is -0.826. The number of hydrogen-bond donors (Lipinski definition) is 3. The molecule has 0 unspecified atom stereocenters. The van der Waals surface area contributed by atoms with Crippen LogP contribution in [0.4, 0.5) is 11.4 Å². The summed E-state index contributed by atoms with van der Waals surface area (Å²) in [6.45, 7) is 2.38. The Balaban J connectivity index is 2.93. The summed E-state index contributed by atoms with van der Waals surface area (Å²) in [7, 11) is 0. The number of primary amides is 1. The molecule has 1 aromatic rings. The maximum Gasteiger partial charge on any atom is 0.254 e. The van der Waals surface area contributed by atoms with Crippen LogP contribution < -0.4 is 17.2 Å². The number of unbranched alkanes of at least 4 members (excludes halogenated alkanes) is 1. The predicted octanol–water partition coefficient (Wildman–Crippen LogP) is 0.579. The number of carbonyl (C=O) groups is 2. The van der Waals surface area contributed by atoms with Gasteiger partial charge in [-0.05, 0) is 24.6 Å². The molecule has 2 amide bonds. The first-order chi connectivity index (χ1) is 8.93. The summed E-state index contributed by atoms with van der Waals surface area (Å²) in [5, 5.41) is 0. The van der Waals surface area contributed by atoms with Crippen LogP contribution in [0.15, 0.2) is 18.2 Å². The van der Waals surface area contributed by atoms with Gasteiger partial charge in [-0.2, -0.15) is 0 Å². The van der Waals surface area contributed by atoms with Gasteiger partial charge in [0.15, 0.2) is 0 Å². The Kier molecular flexibility index (Phi) is 5.17. The van der Waals surface area contributed by atoms with Crippen molar-refractivity contribution in [3.8, 4) is 0 Å². The van der Waals surface area contributed by atoms with E-state index in [2.05, 4.69) is 0 Å². The number of hydrogen-bond acceptors (Lipinski definition) is 4. The number of carbonyl (C=O) groups excluding carboxylic acids is 2. The third-order valence-electron chi connectivity index (χ3n) is 2.64. The zero-order valence-electron chi connectivity index (χ0n) is 11.1. The lowest BCUT2D eigenvalue weighted by Crippen LogP contribution is -2.39. The minimum Gasteiger partial charge on any atom is -0.399 e. The molecule has 0 fully saturated rings. The van der Waals surface area contributed by atoms with E-state index in [4.69, 9.17) is 17.2 Å². The zero-order chi connectivity index (χ0) is 14.4. The Hall–Kier alpha value is -2.24. The van der Waals surface area contributed by atoms with E-state index in [1.54, 1.807) is 18.2 Å². The van der Waals surface area contributed by atoms with Crippen molar-refractivity contribution in [2.24, 2.45) is 5.73 Å². The summed E-state index contributed by atoms with van der Waals surface area (Å²) >= 11 is 0. The third-order valence-corrected chi connectivity index (χ3v) is 2.64. The lowest BCUT2D eigenvalue weighted by Gasteiger charge is -2.21. The first kappa shape index (κ1) is 14.8. The van der Waals surface area contributed by atoms with Crippen LogP contribution in [0, 0.1) is 0 Å². The highest BCUT2D eigenvalue weighted by Gasteiger charge is 2.17. The monoisotopic (exact) mass is 264 g/mol. The average Bonchev–Trinajstić information content (AvgIpc) is 2.32. The Labute approximate surface area is 112 Å². The van der Waals surface area contributed by atoms with Gasteiger partial charge in [-0.25, -0.2) is 0 Å². The summed E-state index contributed by atoms with van der Waals surface area (Å²) in [6.07, 6.45) is 1.72. The number of amides is 2. The fraction of sp³-hybridized carbons (Fsp3) is 0.385. The standard InChI is InChI=1S/C13H20N4O2/c1-2-3-4-17(8-12(16)18)13(19)9-5-10(14)7-11(15)6-9/h5-7H,2-4,8,14-15H2,1H3,(H2,16,18). The number of nitrogen functional groups attached to an aromatic ring is 2. The molecule has 0 atom stereocenters. The smallest absolute Gasteiger partial charge is 0.254 e. The molecule has 6 N–H and O–H groups in total. The van der Waals surface area contributed by atoms with Crippen LogP contribution in [-0.4, -0.2) is 29.8 Å². The highest BCUT2D eigenvalue weighted by atomic mass is 16.2. The topological polar surface area (TPSA) is 115 Å². The molecule has 0 aliphatic carbocycles. The van der Waals surface area contributed by atoms with E-state index in [-0.39, 0.29) is 12.5 Å². The zero-order valence-corrected chi connectivity index (χ0v) is 11.1. The van der Waals surface area contributed by atoms with Crippen molar-refractivity contribution in [2.75, 3.05) is 24.6 Å². The number of anilines is 2. The average molecular weight is 264 g/mol. The van der Waals surface area contributed by atoms with E-state index in [9.17, 15) is 9.59 Å². The highest BCUT2D eigenvalue weighted by Crippen LogP contribution is 2.15. The van der Waals surface area contributed by atoms with Crippen LogP contribution in [0.25, 0.3) is 0 Å². The van der Waals surface area contributed by atoms with Crippen molar-refractivity contribution in [2.45, 2.75) is 19.8 Å². The van der Waals surface area contributed by atoms with Gasteiger partial charge in [0, 0.05) is 23.5 Å². The predicted molar refractivity (Wildman–Crippen MR) is 75.3 cm³/mol. The van der Waals surface area contributed by atoms with Gasteiger partial charge in [0.1, 0.15) is 0 Å². The summed E-state index contributed by atoms with van der Waals surface area (Å²) in [4.78, 5) is 24.7. The molecule has 0 radical (unpaired) electrons. The largest absolute Gasteiger partial charge is 0.399 e. The lowest BCUT2D eigenvalue weighted by molar-refractivity contribution is -0.118. The molecule has 6 nitrogen and oxygen atoms in total. The van der Waals surface area contributed by atoms with Gasteiger partial charge in [-0.1, -0.05) is 13.3 Å². The normalized spacial score (nSPS) is 10.2. The first-order valence-electron chi connectivity index (χ1n) is 6.17. The lowest BCUT2D eigenvalue weighted by atomic mass is 10.1. The van der Waals surface area contributed by atoms with Gasteiger partial charge in [0.05, 0.1) is 6.54 Å². The second-order valence-corrected chi connectivity index (χ2v) is 4.43. The van der Waals surface area contributed by atoms with Crippen LogP contribution in [0.5, 0.6) is 0 Å². The van der Waals surface area contributed by atoms with Crippen molar-refractivity contribution in [3.05, 3.63) is 23.8 Å². The molecule has 1 rings (SSSR count). The van der Waals surface area contributed by atoms with Gasteiger partial charge in [-0.15, -0.1) is 0 Å². The Bertz CT molecular complexity index is 453. The first-order valence-corrected chi connectivity index (χ1v) is 6.17. The van der Waals surface area contributed by atoms with Gasteiger partial charge in [-0.3, -0.25) is 9.59 Å². The second-order valence-electron chi connectivity index (χ2n) is 4.43. The van der Waals surface area contributed by atoms with Crippen LogP contribution in [0.3, 0.4) is 0 Å². The number of benzene rings is 1. The number of nitrogens with two attached hydrogens (primary N) is 3. The van der Waals surface area contributed by atoms with Crippen LogP contribution in [0.1, 0.15) is 30.1 Å². The molecule has 0 bridgehead atoms. The van der Waals surface area contributed by atoms with E-state index in [0.717, 1.165) is 12.8 Å². The molecule has 0 aromatic heterocycles. The molecular formula is C13H20N4O2. The van der Waals surface area contributed by atoms with Crippen molar-refractivity contribution in [1.82, 2.24) is 4.90 Å². The molecule has 0 heterocycles. The maximum absolute atomic E-state index is 12.3. The molecule has 19 heavy (non-hydrogen) atoms. The molecule has 0 spiro atoms. The van der Waals surface area contributed by atoms with Crippen LogP contribution in [0.2, 0.25) is 0 Å². The fourth-order valence-electron chi connectivity index (χ4n) is 1.77. The summed E-state index contributed by atoms with van der Waals surface area (Å²) in [5.41, 5.74) is 17.7. The maximum atomic E-state index is 12.3. The molecular weight excluding hydrogens is 244 g/mol. The Morgan fingerprint density at radius 1 is 1.16 bits per heavy atom. The SMILES string of the molecule is CCCCN(CC(N)=O)C(=O)c1cc(N)cc(N)c1. The minimum atomic E-state index is -0.540. The summed E-state index contributed by atoms with van der Waals surface area (Å²) < 4.78 is 0. The van der Waals surface area contributed by atoms with Crippen molar-refractivity contribution < 1.29 is 9.59 Å². The minimum absolute atomic E-state index is 0.104. The van der Waals surface area contributed by atoms with E-state index in [1.807, 2.05) is 6.92 Å². The van der Waals surface area contributed by atoms with Gasteiger partial charge in [0.2, 0.25) is 5.91 Å². The highest BCUT2D eigenvalue weighted by molar-refractivity contribution is 5.97. The van der Waals surface area contributed by atoms with E-state index < -0.39 is 5.91 Å². The molecule has 0 saturated heterocycles. The second kappa shape index (κ2) is 6.63. The number of rotatable bonds is 6. The van der Waals surface area contributed by atoms with Gasteiger partial charge >= 0.3 is 0 Å². The fourth-order valence-corrected chi connectivity index (χ4v) is 1.77. The van der Waals surface area contributed by atoms with Gasteiger partial charge < -0.3 is 22.1 Å². The Morgan fingerprint density at radius 2 is 1.74 bits per heavy atom. The molecule has 6 heteroatoms. The molecule has 0 aliphatic rings. The van der Waals surface area contributed by atoms with Crippen molar-refractivity contribution in [1.29, 1.82) is 0 Å². The molecule has 0 aliphatic heterocycles. The van der Waals surface area contributed by atoms with E-state index >= 15 is 0 Å². The van der Waals surface area contributed by atoms with E-state index in [1.165, 1.54) is 4.90 Å². The van der Waals surface area contributed by atoms with Crippen LogP contribution >= 0.6 is 0 Å². The van der Waals surface area contributed by atoms with Crippen molar-refractivity contribution >= 4 is 23.2 Å². The van der Waals surface area contributed by atoms with Gasteiger partial charge in [0.25, 0.3) is 5.91 Å². The number of nitrogens with zero attached hydrogens (tertiary/aromatic N) is 1. The Morgan fingerprint density at radius 3 is 2.21 bits per heavy atom. The van der Waals surface area contributed by atoms with Crippen LogP contribution in [-0.2, 0) is 4.79 Å². The molecule has 0 saturated carbocycles. The third kappa shape index (κ3) is 4.50. The molecule has 1 aromatic carbocycles. The van der Waals surface area contributed by atoms with E-state index in [0.29, 0.717) is 23.5 Å². The summed E-state index contributed by atoms with van der Waals surface area (Å²) in [6, 6.07) is 4.65. The quantitative estimate of drug-likeness (QED) is 0.652. The molecule has 104 valence electrons.